The Hall–Kier alpha value is -2.70. The molecular formula is C26H28N4OS. The fourth-order valence-electron chi connectivity index (χ4n) is 4.02. The van der Waals surface area contributed by atoms with E-state index in [0.29, 0.717) is 22.7 Å². The molecule has 2 fully saturated rings. The van der Waals surface area contributed by atoms with Crippen molar-refractivity contribution < 1.29 is 4.79 Å². The number of carbonyl (C=O) groups is 1. The third-order valence-electron chi connectivity index (χ3n) is 6.00. The Morgan fingerprint density at radius 3 is 2.59 bits per heavy atom. The average molecular weight is 445 g/mol. The zero-order chi connectivity index (χ0) is 22.1. The molecule has 5 nitrogen and oxygen atoms in total. The summed E-state index contributed by atoms with van der Waals surface area (Å²) in [6.07, 6.45) is 3.91. The van der Waals surface area contributed by atoms with Crippen LogP contribution in [0.25, 0.3) is 0 Å². The van der Waals surface area contributed by atoms with E-state index in [0.717, 1.165) is 40.9 Å². The molecule has 0 bridgehead atoms. The predicted molar refractivity (Wildman–Crippen MR) is 128 cm³/mol. The lowest BCUT2D eigenvalue weighted by Crippen LogP contribution is -2.20. The van der Waals surface area contributed by atoms with Gasteiger partial charge in [0.2, 0.25) is 0 Å². The van der Waals surface area contributed by atoms with Crippen LogP contribution in [0, 0.1) is 19.8 Å². The van der Waals surface area contributed by atoms with Gasteiger partial charge in [0, 0.05) is 39.5 Å². The van der Waals surface area contributed by atoms with E-state index < -0.39 is 0 Å². The first-order valence-corrected chi connectivity index (χ1v) is 12.1. The van der Waals surface area contributed by atoms with Gasteiger partial charge >= 0.3 is 0 Å². The van der Waals surface area contributed by atoms with Gasteiger partial charge in [0.05, 0.1) is 0 Å². The van der Waals surface area contributed by atoms with Crippen molar-refractivity contribution in [3.8, 4) is 0 Å². The maximum absolute atomic E-state index is 12.9. The molecule has 2 aliphatic carbocycles. The summed E-state index contributed by atoms with van der Waals surface area (Å²) in [6.45, 7) is 5.08. The van der Waals surface area contributed by atoms with Crippen LogP contribution in [-0.4, -0.2) is 28.5 Å². The fraction of sp³-hybridized carbons (Fsp3) is 0.346. The Kier molecular flexibility index (Phi) is 5.98. The largest absolute Gasteiger partial charge is 0.322 e. The summed E-state index contributed by atoms with van der Waals surface area (Å²) in [4.78, 5) is 22.9. The number of aryl methyl sites for hydroxylation is 2. The maximum atomic E-state index is 12.9. The van der Waals surface area contributed by atoms with Crippen LogP contribution in [0.4, 0.5) is 5.69 Å². The second kappa shape index (κ2) is 9.04. The Morgan fingerprint density at radius 2 is 1.81 bits per heavy atom. The second-order valence-electron chi connectivity index (χ2n) is 8.94. The maximum Gasteiger partial charge on any atom is 0.255 e. The molecular weight excluding hydrogens is 416 g/mol. The minimum atomic E-state index is -0.0835. The summed E-state index contributed by atoms with van der Waals surface area (Å²) in [6, 6.07) is 18.4. The van der Waals surface area contributed by atoms with E-state index in [1.807, 2.05) is 62.4 Å². The van der Waals surface area contributed by atoms with Gasteiger partial charge in [0.1, 0.15) is 0 Å². The van der Waals surface area contributed by atoms with Gasteiger partial charge in [-0.15, -0.1) is 0 Å². The van der Waals surface area contributed by atoms with Crippen LogP contribution in [0.5, 0.6) is 0 Å². The average Bonchev–Trinajstić information content (AvgIpc) is 3.67. The van der Waals surface area contributed by atoms with Gasteiger partial charge in [0.15, 0.2) is 5.16 Å². The summed E-state index contributed by atoms with van der Waals surface area (Å²) >= 11 is 1.50. The number of amides is 1. The number of nitrogens with one attached hydrogen (secondary N) is 2. The number of aromatic nitrogens is 2. The number of nitrogens with zero attached hydrogens (tertiary/aromatic N) is 2. The highest BCUT2D eigenvalue weighted by Crippen LogP contribution is 2.42. The molecule has 5 rings (SSSR count). The van der Waals surface area contributed by atoms with Crippen LogP contribution in [0.15, 0.2) is 64.6 Å². The van der Waals surface area contributed by atoms with E-state index in [9.17, 15) is 4.79 Å². The number of rotatable bonds is 8. The molecule has 0 radical (unpaired) electrons. The lowest BCUT2D eigenvalue weighted by Gasteiger charge is -2.09. The lowest BCUT2D eigenvalue weighted by atomic mass is 10.1. The Morgan fingerprint density at radius 1 is 1.03 bits per heavy atom. The van der Waals surface area contributed by atoms with Gasteiger partial charge in [-0.25, -0.2) is 9.97 Å². The van der Waals surface area contributed by atoms with Crippen molar-refractivity contribution >= 4 is 23.4 Å². The summed E-state index contributed by atoms with van der Waals surface area (Å²) in [7, 11) is 0. The van der Waals surface area contributed by atoms with Crippen molar-refractivity contribution in [2.75, 3.05) is 11.9 Å². The van der Waals surface area contributed by atoms with E-state index in [1.165, 1.54) is 30.2 Å². The first-order valence-electron chi connectivity index (χ1n) is 11.3. The van der Waals surface area contributed by atoms with E-state index in [4.69, 9.17) is 0 Å². The third-order valence-corrected chi connectivity index (χ3v) is 6.85. The highest BCUT2D eigenvalue weighted by molar-refractivity contribution is 7.99. The van der Waals surface area contributed by atoms with E-state index >= 15 is 0 Å². The topological polar surface area (TPSA) is 66.9 Å². The molecule has 2 N–H and O–H groups in total. The highest BCUT2D eigenvalue weighted by Gasteiger charge is 2.39. The van der Waals surface area contributed by atoms with Crippen LogP contribution < -0.4 is 10.6 Å². The number of hydrogen-bond acceptors (Lipinski definition) is 5. The van der Waals surface area contributed by atoms with E-state index in [1.54, 1.807) is 0 Å². The number of carbonyl (C=O) groups excluding carboxylic acids is 1. The van der Waals surface area contributed by atoms with Gasteiger partial charge in [-0.1, -0.05) is 18.2 Å². The lowest BCUT2D eigenvalue weighted by molar-refractivity contribution is 0.102. The standard InChI is InChI=1S/C26H28N4OS/c1-16-11-17(2)29-26(28-16)32-22-8-4-7-21(13-22)30-25(31)20-6-3-5-19(12-20)23-14-24(23)27-15-18-9-10-18/h3-8,11-13,18,23-24,27H,9-10,14-15H2,1-2H3,(H,30,31)/t23-,24+/m0/s1. The Balaban J connectivity index is 1.23. The minimum absolute atomic E-state index is 0.0835. The SMILES string of the molecule is Cc1cc(C)nc(Sc2cccc(NC(=O)c3cccc([C@@H]4C[C@H]4NCC4CC4)c3)c2)n1. The molecule has 0 saturated heterocycles. The van der Waals surface area contributed by atoms with Gasteiger partial charge in [-0.3, -0.25) is 4.79 Å². The molecule has 1 amide bonds. The molecule has 2 atom stereocenters. The van der Waals surface area contributed by atoms with Gasteiger partial charge < -0.3 is 10.6 Å². The monoisotopic (exact) mass is 444 g/mol. The van der Waals surface area contributed by atoms with Gasteiger partial charge in [-0.2, -0.15) is 0 Å². The van der Waals surface area contributed by atoms with Gasteiger partial charge in [0.25, 0.3) is 5.91 Å². The molecule has 0 aliphatic heterocycles. The van der Waals surface area contributed by atoms with Crippen molar-refractivity contribution in [1.29, 1.82) is 0 Å². The van der Waals surface area contributed by atoms with Crippen LogP contribution in [0.1, 0.15) is 52.5 Å². The quantitative estimate of drug-likeness (QED) is 0.458. The van der Waals surface area contributed by atoms with Crippen LogP contribution in [-0.2, 0) is 0 Å². The molecule has 2 saturated carbocycles. The van der Waals surface area contributed by atoms with Crippen LogP contribution in [0.3, 0.4) is 0 Å². The van der Waals surface area contributed by atoms with Crippen LogP contribution >= 0.6 is 11.8 Å². The summed E-state index contributed by atoms with van der Waals surface area (Å²) in [5.74, 6) is 1.34. The number of benzene rings is 2. The van der Waals surface area contributed by atoms with Crippen molar-refractivity contribution in [1.82, 2.24) is 15.3 Å². The molecule has 2 aliphatic rings. The van der Waals surface area contributed by atoms with Crippen molar-refractivity contribution in [2.24, 2.45) is 5.92 Å². The Labute approximate surface area is 193 Å². The second-order valence-corrected chi connectivity index (χ2v) is 9.98. The highest BCUT2D eigenvalue weighted by atomic mass is 32.2. The summed E-state index contributed by atoms with van der Waals surface area (Å²) < 4.78 is 0. The van der Waals surface area contributed by atoms with Crippen LogP contribution in [0.2, 0.25) is 0 Å². The van der Waals surface area contributed by atoms with Crippen molar-refractivity contribution in [3.05, 3.63) is 77.1 Å². The molecule has 1 heterocycles. The molecule has 1 aromatic heterocycles. The molecule has 164 valence electrons. The number of anilines is 1. The molecule has 3 aromatic rings. The zero-order valence-corrected chi connectivity index (χ0v) is 19.3. The number of hydrogen-bond donors (Lipinski definition) is 2. The smallest absolute Gasteiger partial charge is 0.255 e. The van der Waals surface area contributed by atoms with Crippen molar-refractivity contribution in [3.63, 3.8) is 0 Å². The summed E-state index contributed by atoms with van der Waals surface area (Å²) in [5, 5.41) is 7.44. The zero-order valence-electron chi connectivity index (χ0n) is 18.5. The minimum Gasteiger partial charge on any atom is -0.322 e. The van der Waals surface area contributed by atoms with E-state index in [2.05, 4.69) is 26.7 Å². The Bertz CT molecular complexity index is 1120. The molecule has 6 heteroatoms. The molecule has 32 heavy (non-hydrogen) atoms. The van der Waals surface area contributed by atoms with Crippen molar-refractivity contribution in [2.45, 2.75) is 55.1 Å². The predicted octanol–water partition coefficient (Wildman–Crippen LogP) is 5.35. The molecule has 2 aromatic carbocycles. The molecule has 0 unspecified atom stereocenters. The fourth-order valence-corrected chi connectivity index (χ4v) is 4.95. The molecule has 0 spiro atoms. The van der Waals surface area contributed by atoms with Gasteiger partial charge in [-0.05, 0) is 99.3 Å². The first kappa shape index (κ1) is 21.2. The normalized spacial score (nSPS) is 19.6. The first-order chi connectivity index (χ1) is 15.5. The summed E-state index contributed by atoms with van der Waals surface area (Å²) in [5.41, 5.74) is 4.62. The third kappa shape index (κ3) is 5.37. The van der Waals surface area contributed by atoms with E-state index in [-0.39, 0.29) is 5.91 Å².